The van der Waals surface area contributed by atoms with Gasteiger partial charge in [0, 0.05) is 55.1 Å². The summed E-state index contributed by atoms with van der Waals surface area (Å²) in [6.07, 6.45) is 3.40. The third kappa shape index (κ3) is 8.92. The van der Waals surface area contributed by atoms with Crippen LogP contribution in [-0.4, -0.2) is 92.0 Å². The monoisotopic (exact) mass is 681 g/mol. The van der Waals surface area contributed by atoms with Crippen LogP contribution in [0.3, 0.4) is 0 Å². The first kappa shape index (κ1) is 36.2. The minimum Gasteiger partial charge on any atom is -0.490 e. The van der Waals surface area contributed by atoms with Gasteiger partial charge in [0.2, 0.25) is 5.91 Å². The van der Waals surface area contributed by atoms with Crippen molar-refractivity contribution in [1.29, 1.82) is 0 Å². The Labute approximate surface area is 287 Å². The summed E-state index contributed by atoms with van der Waals surface area (Å²) < 4.78 is 6.25. The molecule has 0 saturated heterocycles. The molecule has 1 aromatic heterocycles. The van der Waals surface area contributed by atoms with Crippen LogP contribution in [0.4, 0.5) is 0 Å². The van der Waals surface area contributed by atoms with Crippen molar-refractivity contribution in [3.63, 3.8) is 0 Å². The molecule has 5 rings (SSSR count). The molecule has 2 fully saturated rings. The third-order valence-corrected chi connectivity index (χ3v) is 9.95. The van der Waals surface area contributed by atoms with Crippen LogP contribution in [0.2, 0.25) is 5.02 Å². The van der Waals surface area contributed by atoms with Crippen molar-refractivity contribution in [1.82, 2.24) is 15.2 Å². The summed E-state index contributed by atoms with van der Waals surface area (Å²) >= 11 is 6.69. The number of carbonyl (C=O) groups is 1. The van der Waals surface area contributed by atoms with Crippen LogP contribution in [0.25, 0.3) is 11.1 Å². The van der Waals surface area contributed by atoms with Gasteiger partial charge in [-0.2, -0.15) is 0 Å². The lowest BCUT2D eigenvalue weighted by Gasteiger charge is -2.28. The lowest BCUT2D eigenvalue weighted by molar-refractivity contribution is -0.138. The number of likely N-dealkylation sites (N-methyl/N-ethyl adjacent to an activating group) is 1. The van der Waals surface area contributed by atoms with Gasteiger partial charge in [-0.15, -0.1) is 0 Å². The summed E-state index contributed by atoms with van der Waals surface area (Å²) in [6, 6.07) is 16.4. The second-order valence-corrected chi connectivity index (χ2v) is 13.8. The normalized spacial score (nSPS) is 18.4. The molecule has 48 heavy (non-hydrogen) atoms. The van der Waals surface area contributed by atoms with Gasteiger partial charge in [0.1, 0.15) is 30.2 Å². The Morgan fingerprint density at radius 3 is 2.50 bits per heavy atom. The highest BCUT2D eigenvalue weighted by Gasteiger charge is 2.46. The zero-order valence-electron chi connectivity index (χ0n) is 27.6. The largest absolute Gasteiger partial charge is 0.490 e. The molecule has 0 aliphatic heterocycles. The lowest BCUT2D eigenvalue weighted by atomic mass is 9.93. The molecule has 0 unspecified atom stereocenters. The Morgan fingerprint density at radius 2 is 1.79 bits per heavy atom. The number of amides is 1. The summed E-state index contributed by atoms with van der Waals surface area (Å²) in [7, 11) is 1.51. The molecule has 0 spiro atoms. The summed E-state index contributed by atoms with van der Waals surface area (Å²) in [5.41, 5.74) is 5.31. The lowest BCUT2D eigenvalue weighted by Crippen LogP contribution is -2.49. The van der Waals surface area contributed by atoms with Crippen LogP contribution < -0.4 is 10.1 Å². The van der Waals surface area contributed by atoms with E-state index in [-0.39, 0.29) is 30.3 Å². The highest BCUT2D eigenvalue weighted by atomic mass is 35.5. The molecule has 2 aliphatic rings. The maximum atomic E-state index is 12.7. The van der Waals surface area contributed by atoms with Gasteiger partial charge in [0.05, 0.1) is 12.7 Å². The van der Waals surface area contributed by atoms with Gasteiger partial charge in [-0.05, 0) is 84.9 Å². The van der Waals surface area contributed by atoms with E-state index in [0.717, 1.165) is 65.7 Å². The smallest absolute Gasteiger partial charge is 0.222 e. The molecule has 0 radical (unpaired) electrons. The SMILES string of the molecule is C[C@H](CCCC(=O)N(C)C[C@H](O)[C@@H](O)[C@H](O)[C@H](O)CO)c1ccc(Cl)c(CNC2(c3cnccc3-c3ccccc3OC3CC3)CC2)c1. The molecular formula is C37H48ClN3O7. The van der Waals surface area contributed by atoms with E-state index in [1.807, 2.05) is 42.7 Å². The Balaban J connectivity index is 1.16. The van der Waals surface area contributed by atoms with Gasteiger partial charge in [0.15, 0.2) is 0 Å². The maximum Gasteiger partial charge on any atom is 0.222 e. The number of benzene rings is 2. The fraction of sp³-hybridized carbons (Fsp3) is 0.514. The van der Waals surface area contributed by atoms with Crippen LogP contribution in [0.1, 0.15) is 74.5 Å². The molecule has 6 N–H and O–H groups in total. The number of ether oxygens (including phenoxy) is 1. The zero-order valence-corrected chi connectivity index (χ0v) is 28.4. The van der Waals surface area contributed by atoms with Crippen molar-refractivity contribution >= 4 is 17.5 Å². The van der Waals surface area contributed by atoms with Gasteiger partial charge in [-0.3, -0.25) is 9.78 Å². The molecule has 11 heteroatoms. The maximum absolute atomic E-state index is 12.7. The summed E-state index contributed by atoms with van der Waals surface area (Å²) in [4.78, 5) is 18.5. The first-order chi connectivity index (χ1) is 23.0. The van der Waals surface area contributed by atoms with Gasteiger partial charge < -0.3 is 40.5 Å². The number of aromatic nitrogens is 1. The van der Waals surface area contributed by atoms with Crippen molar-refractivity contribution < 1.29 is 35.1 Å². The second-order valence-electron chi connectivity index (χ2n) is 13.4. The number of hydrogen-bond acceptors (Lipinski definition) is 9. The van der Waals surface area contributed by atoms with Gasteiger partial charge in [-0.25, -0.2) is 0 Å². The number of pyridine rings is 1. The van der Waals surface area contributed by atoms with Gasteiger partial charge in [-0.1, -0.05) is 48.9 Å². The average Bonchev–Trinajstić information content (AvgIpc) is 4.04. The minimum atomic E-state index is -1.73. The predicted octanol–water partition coefficient (Wildman–Crippen LogP) is 3.89. The Morgan fingerprint density at radius 1 is 1.06 bits per heavy atom. The van der Waals surface area contributed by atoms with E-state index in [1.54, 1.807) is 0 Å². The second kappa shape index (κ2) is 16.1. The van der Waals surface area contributed by atoms with Crippen LogP contribution >= 0.6 is 11.6 Å². The number of carbonyl (C=O) groups excluding carboxylic acids is 1. The number of rotatable bonds is 18. The van der Waals surface area contributed by atoms with E-state index in [0.29, 0.717) is 24.1 Å². The number of para-hydroxylation sites is 1. The van der Waals surface area contributed by atoms with Crippen molar-refractivity contribution in [2.45, 2.75) is 100 Å². The molecule has 2 aliphatic carbocycles. The first-order valence-corrected chi connectivity index (χ1v) is 17.2. The molecule has 10 nitrogen and oxygen atoms in total. The van der Waals surface area contributed by atoms with Crippen LogP contribution in [0.15, 0.2) is 60.9 Å². The topological polar surface area (TPSA) is 156 Å². The Bertz CT molecular complexity index is 1530. The van der Waals surface area contributed by atoms with Gasteiger partial charge >= 0.3 is 0 Å². The van der Waals surface area contributed by atoms with Crippen molar-refractivity contribution in [2.24, 2.45) is 0 Å². The summed E-state index contributed by atoms with van der Waals surface area (Å²) in [5.74, 6) is 0.870. The fourth-order valence-corrected chi connectivity index (χ4v) is 6.29. The van der Waals surface area contributed by atoms with Gasteiger partial charge in [0.25, 0.3) is 0 Å². The number of halogens is 1. The van der Waals surface area contributed by atoms with Crippen molar-refractivity contribution in [2.75, 3.05) is 20.2 Å². The Hall–Kier alpha value is -3.09. The molecule has 0 bridgehead atoms. The van der Waals surface area contributed by atoms with E-state index in [4.69, 9.17) is 21.4 Å². The van der Waals surface area contributed by atoms with E-state index in [2.05, 4.69) is 35.4 Å². The van der Waals surface area contributed by atoms with E-state index in [9.17, 15) is 25.2 Å². The van der Waals surface area contributed by atoms with Crippen LogP contribution in [0, 0.1) is 0 Å². The number of nitrogens with one attached hydrogen (secondary N) is 1. The highest BCUT2D eigenvalue weighted by molar-refractivity contribution is 6.31. The molecule has 2 saturated carbocycles. The van der Waals surface area contributed by atoms with E-state index in [1.165, 1.54) is 11.9 Å². The number of aliphatic hydroxyl groups excluding tert-OH is 5. The zero-order chi connectivity index (χ0) is 34.4. The molecule has 260 valence electrons. The van der Waals surface area contributed by atoms with Crippen LogP contribution in [0.5, 0.6) is 5.75 Å². The molecule has 1 amide bonds. The highest BCUT2D eigenvalue weighted by Crippen LogP contribution is 2.50. The summed E-state index contributed by atoms with van der Waals surface area (Å²) in [5, 5.41) is 53.1. The standard InChI is InChI=1S/C37H48ClN3O7/c1-23(6-5-9-34(45)41(2)21-31(43)35(46)36(47)32(44)22-42)24-10-13-30(38)25(18-24)19-40-37(15-16-37)29-20-39-17-14-27(29)28-7-3-4-8-33(28)48-26-11-12-26/h3-4,7-8,10,13-14,17-18,20,23,26,31-32,35-36,40,42-44,46-47H,5-6,9,11-12,15-16,19,21-22H2,1-2H3/t23-,31+,32-,35-,36-/m1/s1. The molecule has 2 aromatic carbocycles. The number of hydrogen-bond donors (Lipinski definition) is 6. The quantitative estimate of drug-likeness (QED) is 0.117. The molecule has 1 heterocycles. The first-order valence-electron chi connectivity index (χ1n) is 16.8. The average molecular weight is 682 g/mol. The Kier molecular flexibility index (Phi) is 12.1. The molecule has 3 aromatic rings. The predicted molar refractivity (Wildman–Crippen MR) is 184 cm³/mol. The fourth-order valence-electron chi connectivity index (χ4n) is 6.11. The van der Waals surface area contributed by atoms with Crippen molar-refractivity contribution in [3.05, 3.63) is 82.6 Å². The molecular weight excluding hydrogens is 634 g/mol. The van der Waals surface area contributed by atoms with Crippen molar-refractivity contribution in [3.8, 4) is 16.9 Å². The third-order valence-electron chi connectivity index (χ3n) is 9.58. The van der Waals surface area contributed by atoms with Crippen LogP contribution in [-0.2, 0) is 16.9 Å². The van der Waals surface area contributed by atoms with E-state index >= 15 is 0 Å². The number of nitrogens with zero attached hydrogens (tertiary/aromatic N) is 2. The summed E-state index contributed by atoms with van der Waals surface area (Å²) in [6.45, 7) is 1.73. The van der Waals surface area contributed by atoms with E-state index < -0.39 is 31.0 Å². The minimum absolute atomic E-state index is 0.171. The number of aliphatic hydroxyl groups is 5. The molecule has 5 atom stereocenters.